The lowest BCUT2D eigenvalue weighted by atomic mass is 9.92. The second-order valence-corrected chi connectivity index (χ2v) is 7.94. The lowest BCUT2D eigenvalue weighted by molar-refractivity contribution is -0.146. The Morgan fingerprint density at radius 2 is 1.82 bits per heavy atom. The maximum Gasteiger partial charge on any atom is 0.370 e. The molecule has 0 aliphatic carbocycles. The summed E-state index contributed by atoms with van der Waals surface area (Å²) in [7, 11) is 0. The molecule has 7 N–H and O–H groups in total. The van der Waals surface area contributed by atoms with Gasteiger partial charge in [0.25, 0.3) is 0 Å². The first-order chi connectivity index (χ1) is 15.7. The van der Waals surface area contributed by atoms with Gasteiger partial charge in [0.05, 0.1) is 18.7 Å². The number of hydrogen-bond donors (Lipinski definition) is 7. The number of anilines is 1. The molecule has 2 aromatic rings. The molecule has 0 saturated heterocycles. The van der Waals surface area contributed by atoms with E-state index in [2.05, 4.69) is 16.0 Å². The molecule has 10 nitrogen and oxygen atoms in total. The van der Waals surface area contributed by atoms with E-state index in [1.165, 1.54) is 13.0 Å². The van der Waals surface area contributed by atoms with Crippen molar-refractivity contribution in [3.05, 3.63) is 54.3 Å². The number of carboxylic acid groups (broad SMARTS) is 1. The van der Waals surface area contributed by atoms with E-state index in [4.69, 9.17) is 17.0 Å². The fraction of sp³-hybridized carbons (Fsp3) is 0.318. The third-order valence-electron chi connectivity index (χ3n) is 5.17. The number of ether oxygens (including phenoxy) is 1. The minimum atomic E-state index is -1.70. The molecule has 0 bridgehead atoms. The molecule has 5 atom stereocenters. The number of aliphatic hydroxyl groups is 3. The summed E-state index contributed by atoms with van der Waals surface area (Å²) < 4.78 is 5.36. The quantitative estimate of drug-likeness (QED) is 0.273. The van der Waals surface area contributed by atoms with Gasteiger partial charge in [-0.1, -0.05) is 36.4 Å². The highest BCUT2D eigenvalue weighted by molar-refractivity contribution is 7.80. The third-order valence-corrected chi connectivity index (χ3v) is 5.39. The van der Waals surface area contributed by atoms with E-state index in [0.29, 0.717) is 5.69 Å². The maximum atomic E-state index is 11.8. The number of amides is 1. The Morgan fingerprint density at radius 1 is 1.12 bits per heavy atom. The maximum absolute atomic E-state index is 11.8. The zero-order valence-corrected chi connectivity index (χ0v) is 18.5. The van der Waals surface area contributed by atoms with Crippen LogP contribution in [0.15, 0.2) is 54.3 Å². The molecule has 0 radical (unpaired) electrons. The normalized spacial score (nSPS) is 21.8. The second kappa shape index (κ2) is 10.6. The molecule has 0 unspecified atom stereocenters. The smallest absolute Gasteiger partial charge is 0.370 e. The Kier molecular flexibility index (Phi) is 7.82. The number of aliphatic carboxylic acids is 1. The molecule has 2 aromatic carbocycles. The Balaban J connectivity index is 1.89. The van der Waals surface area contributed by atoms with Crippen LogP contribution >= 0.6 is 12.2 Å². The average Bonchev–Trinajstić information content (AvgIpc) is 2.78. The van der Waals surface area contributed by atoms with Gasteiger partial charge in [0.1, 0.15) is 18.3 Å². The summed E-state index contributed by atoms with van der Waals surface area (Å²) in [6.07, 6.45) is -3.49. The Labute approximate surface area is 194 Å². The van der Waals surface area contributed by atoms with Crippen LogP contribution < -0.4 is 16.0 Å². The summed E-state index contributed by atoms with van der Waals surface area (Å²) in [5, 5.41) is 49.7. The van der Waals surface area contributed by atoms with Gasteiger partial charge in [0, 0.05) is 18.0 Å². The van der Waals surface area contributed by atoms with Crippen molar-refractivity contribution in [2.75, 3.05) is 11.9 Å². The minimum absolute atomic E-state index is 0.130. The molecule has 1 aliphatic heterocycles. The average molecular weight is 476 g/mol. The van der Waals surface area contributed by atoms with Crippen LogP contribution in [-0.2, 0) is 14.3 Å². The van der Waals surface area contributed by atoms with Gasteiger partial charge in [-0.3, -0.25) is 4.79 Å². The van der Waals surface area contributed by atoms with Gasteiger partial charge in [0.2, 0.25) is 11.7 Å². The first-order valence-electron chi connectivity index (χ1n) is 10.1. The molecule has 1 aliphatic rings. The van der Waals surface area contributed by atoms with Crippen molar-refractivity contribution in [3.8, 4) is 0 Å². The van der Waals surface area contributed by atoms with E-state index in [0.717, 1.165) is 10.8 Å². The number of fused-ring (bicyclic) bond motifs is 1. The number of rotatable bonds is 7. The second-order valence-electron chi connectivity index (χ2n) is 7.54. The SMILES string of the molecule is CC(=O)N[C@H]1[C@H]([C@H](O)[C@H](O)CO)OC(C(=O)O)=C[C@@H]1NC(=S)Nc1cccc2ccccc12. The molecule has 0 fully saturated rings. The zero-order valence-electron chi connectivity index (χ0n) is 17.6. The number of carbonyl (C=O) groups is 2. The Hall–Kier alpha value is -3.25. The topological polar surface area (TPSA) is 160 Å². The van der Waals surface area contributed by atoms with Crippen molar-refractivity contribution in [1.29, 1.82) is 0 Å². The van der Waals surface area contributed by atoms with Gasteiger partial charge in [-0.25, -0.2) is 4.79 Å². The number of aliphatic hydroxyl groups excluding tert-OH is 3. The van der Waals surface area contributed by atoms with Gasteiger partial charge in [-0.2, -0.15) is 0 Å². The number of nitrogens with one attached hydrogen (secondary N) is 3. The molecular weight excluding hydrogens is 450 g/mol. The molecule has 0 saturated carbocycles. The van der Waals surface area contributed by atoms with Crippen LogP contribution in [0.2, 0.25) is 0 Å². The molecule has 11 heteroatoms. The van der Waals surface area contributed by atoms with Crippen LogP contribution in [0.1, 0.15) is 6.92 Å². The predicted molar refractivity (Wildman–Crippen MR) is 124 cm³/mol. The molecule has 3 rings (SSSR count). The van der Waals surface area contributed by atoms with Crippen LogP contribution in [0.5, 0.6) is 0 Å². The molecule has 176 valence electrons. The van der Waals surface area contributed by atoms with Crippen molar-refractivity contribution in [2.24, 2.45) is 0 Å². The van der Waals surface area contributed by atoms with Crippen LogP contribution in [0, 0.1) is 0 Å². The third kappa shape index (κ3) is 5.76. The highest BCUT2D eigenvalue weighted by Gasteiger charge is 2.43. The summed E-state index contributed by atoms with van der Waals surface area (Å²) in [6.45, 7) is 0.450. The first kappa shape index (κ1) is 24.4. The van der Waals surface area contributed by atoms with Gasteiger partial charge >= 0.3 is 5.97 Å². The fourth-order valence-electron chi connectivity index (χ4n) is 3.64. The minimum Gasteiger partial charge on any atom is -0.478 e. The van der Waals surface area contributed by atoms with E-state index in [1.807, 2.05) is 42.5 Å². The largest absolute Gasteiger partial charge is 0.478 e. The molecule has 1 heterocycles. The van der Waals surface area contributed by atoms with Crippen molar-refractivity contribution >= 4 is 45.7 Å². The van der Waals surface area contributed by atoms with Gasteiger partial charge in [-0.15, -0.1) is 0 Å². The summed E-state index contributed by atoms with van der Waals surface area (Å²) in [4.78, 5) is 23.4. The zero-order chi connectivity index (χ0) is 24.1. The summed E-state index contributed by atoms with van der Waals surface area (Å²) in [5.74, 6) is -2.39. The molecule has 0 aromatic heterocycles. The van der Waals surface area contributed by atoms with Gasteiger partial charge < -0.3 is 41.1 Å². The van der Waals surface area contributed by atoms with E-state index in [1.54, 1.807) is 0 Å². The van der Waals surface area contributed by atoms with Crippen LogP contribution in [0.25, 0.3) is 10.8 Å². The number of carbonyl (C=O) groups excluding carboxylic acids is 1. The molecule has 0 spiro atoms. The van der Waals surface area contributed by atoms with E-state index in [-0.39, 0.29) is 5.11 Å². The van der Waals surface area contributed by atoms with Crippen molar-refractivity contribution in [2.45, 2.75) is 37.3 Å². The predicted octanol–water partition coefficient (Wildman–Crippen LogP) is 0.0809. The van der Waals surface area contributed by atoms with Crippen LogP contribution in [0.3, 0.4) is 0 Å². The Morgan fingerprint density at radius 3 is 2.48 bits per heavy atom. The summed E-state index contributed by atoms with van der Waals surface area (Å²) in [5.41, 5.74) is 0.712. The van der Waals surface area contributed by atoms with E-state index < -0.39 is 54.6 Å². The molecular formula is C22H25N3O7S. The molecule has 1 amide bonds. The van der Waals surface area contributed by atoms with Crippen LogP contribution in [-0.4, -0.2) is 74.4 Å². The van der Waals surface area contributed by atoms with E-state index >= 15 is 0 Å². The summed E-state index contributed by atoms with van der Waals surface area (Å²) >= 11 is 5.43. The van der Waals surface area contributed by atoms with Gasteiger partial charge in [0.15, 0.2) is 5.11 Å². The van der Waals surface area contributed by atoms with Crippen molar-refractivity contribution < 1.29 is 34.8 Å². The standard InChI is InChI=1S/C22H25N3O7S/c1-11(27)23-18-15(9-17(21(30)31)32-20(18)19(29)16(28)10-26)25-22(33)24-14-8-4-6-12-5-2-3-7-13(12)14/h2-9,15-16,18-20,26,28-29H,10H2,1H3,(H,23,27)(H,30,31)(H2,24,25,33)/t15-,16+,18+,19+,20+/m0/s1. The number of thiocarbonyl (C=S) groups is 1. The monoisotopic (exact) mass is 475 g/mol. The van der Waals surface area contributed by atoms with Crippen LogP contribution in [0.4, 0.5) is 5.69 Å². The molecule has 33 heavy (non-hydrogen) atoms. The number of carboxylic acids is 1. The lowest BCUT2D eigenvalue weighted by Gasteiger charge is -2.40. The highest BCUT2D eigenvalue weighted by atomic mass is 32.1. The number of benzene rings is 2. The highest BCUT2D eigenvalue weighted by Crippen LogP contribution is 2.25. The Bertz CT molecular complexity index is 1070. The number of hydrogen-bond acceptors (Lipinski definition) is 7. The van der Waals surface area contributed by atoms with Crippen molar-refractivity contribution in [3.63, 3.8) is 0 Å². The van der Waals surface area contributed by atoms with Crippen molar-refractivity contribution in [1.82, 2.24) is 10.6 Å². The van der Waals surface area contributed by atoms with Gasteiger partial charge in [-0.05, 0) is 29.7 Å². The summed E-state index contributed by atoms with van der Waals surface area (Å²) in [6, 6.07) is 11.3. The lowest BCUT2D eigenvalue weighted by Crippen LogP contribution is -2.63. The van der Waals surface area contributed by atoms with E-state index in [9.17, 15) is 30.0 Å². The first-order valence-corrected chi connectivity index (χ1v) is 10.5. The fourth-order valence-corrected chi connectivity index (χ4v) is 3.89.